The second-order valence-electron chi connectivity index (χ2n) is 4.79. The molecule has 1 nitrogen and oxygen atoms in total. The van der Waals surface area contributed by atoms with Gasteiger partial charge in [-0.1, -0.05) is 13.8 Å². The fourth-order valence-electron chi connectivity index (χ4n) is 2.60. The minimum absolute atomic E-state index is 0.783. The molecule has 3 atom stereocenters. The molecule has 0 aromatic rings. The highest BCUT2D eigenvalue weighted by molar-refractivity contribution is 8.00. The van der Waals surface area contributed by atoms with Gasteiger partial charge >= 0.3 is 0 Å². The van der Waals surface area contributed by atoms with Crippen molar-refractivity contribution in [2.45, 2.75) is 38.4 Å². The van der Waals surface area contributed by atoms with Crippen LogP contribution in [0, 0.1) is 11.3 Å². The molecule has 0 radical (unpaired) electrons. The van der Waals surface area contributed by atoms with E-state index < -0.39 is 0 Å². The van der Waals surface area contributed by atoms with Gasteiger partial charge in [-0.05, 0) is 49.4 Å². The molecule has 2 aliphatic rings. The SMILES string of the molecule is CCCNCC1CC12CSC(C)C2. The maximum atomic E-state index is 3.55. The highest BCUT2D eigenvalue weighted by Gasteiger charge is 2.56. The third-order valence-electron chi connectivity index (χ3n) is 3.53. The lowest BCUT2D eigenvalue weighted by atomic mass is 10.0. The summed E-state index contributed by atoms with van der Waals surface area (Å²) in [6.07, 6.45) is 4.25. The first kappa shape index (κ1) is 9.85. The first-order valence-electron chi connectivity index (χ1n) is 5.59. The molecule has 1 heterocycles. The van der Waals surface area contributed by atoms with Gasteiger partial charge in [-0.2, -0.15) is 11.8 Å². The molecule has 2 heteroatoms. The van der Waals surface area contributed by atoms with Crippen LogP contribution in [0.25, 0.3) is 0 Å². The third kappa shape index (κ3) is 2.04. The monoisotopic (exact) mass is 199 g/mol. The van der Waals surface area contributed by atoms with Gasteiger partial charge < -0.3 is 5.32 Å². The minimum atomic E-state index is 0.783. The van der Waals surface area contributed by atoms with Crippen LogP contribution < -0.4 is 5.32 Å². The van der Waals surface area contributed by atoms with Gasteiger partial charge in [0.1, 0.15) is 0 Å². The van der Waals surface area contributed by atoms with Gasteiger partial charge in [-0.15, -0.1) is 0 Å². The summed E-state index contributed by atoms with van der Waals surface area (Å²) >= 11 is 2.18. The van der Waals surface area contributed by atoms with Crippen molar-refractivity contribution in [2.75, 3.05) is 18.8 Å². The molecule has 1 aliphatic carbocycles. The molecule has 76 valence electrons. The summed E-state index contributed by atoms with van der Waals surface area (Å²) in [5.41, 5.74) is 0.783. The first-order chi connectivity index (χ1) is 6.27. The van der Waals surface area contributed by atoms with Crippen LogP contribution in [0.15, 0.2) is 0 Å². The highest BCUT2D eigenvalue weighted by atomic mass is 32.2. The Morgan fingerprint density at radius 3 is 2.92 bits per heavy atom. The van der Waals surface area contributed by atoms with Crippen molar-refractivity contribution >= 4 is 11.8 Å². The maximum Gasteiger partial charge on any atom is 0.00246 e. The van der Waals surface area contributed by atoms with E-state index in [0.29, 0.717) is 0 Å². The van der Waals surface area contributed by atoms with Crippen LogP contribution in [0.5, 0.6) is 0 Å². The number of thioether (sulfide) groups is 1. The molecule has 1 saturated heterocycles. The van der Waals surface area contributed by atoms with E-state index in [1.807, 2.05) is 0 Å². The largest absolute Gasteiger partial charge is 0.316 e. The van der Waals surface area contributed by atoms with Crippen LogP contribution in [0.3, 0.4) is 0 Å². The van der Waals surface area contributed by atoms with E-state index in [4.69, 9.17) is 0 Å². The fraction of sp³-hybridized carbons (Fsp3) is 1.00. The molecule has 0 aromatic heterocycles. The maximum absolute atomic E-state index is 3.55. The molecule has 1 spiro atoms. The molecule has 2 fully saturated rings. The fourth-order valence-corrected chi connectivity index (χ4v) is 4.14. The summed E-state index contributed by atoms with van der Waals surface area (Å²) in [6, 6.07) is 0. The third-order valence-corrected chi connectivity index (χ3v) is 5.00. The molecule has 0 aromatic carbocycles. The van der Waals surface area contributed by atoms with Crippen molar-refractivity contribution in [1.82, 2.24) is 5.32 Å². The number of hydrogen-bond acceptors (Lipinski definition) is 2. The lowest BCUT2D eigenvalue weighted by Gasteiger charge is -2.08. The number of hydrogen-bond donors (Lipinski definition) is 1. The number of nitrogens with one attached hydrogen (secondary N) is 1. The Bertz CT molecular complexity index is 183. The predicted octanol–water partition coefficient (Wildman–Crippen LogP) is 2.52. The van der Waals surface area contributed by atoms with Gasteiger partial charge in [0.25, 0.3) is 0 Å². The number of rotatable bonds is 4. The van der Waals surface area contributed by atoms with Crippen molar-refractivity contribution in [1.29, 1.82) is 0 Å². The summed E-state index contributed by atoms with van der Waals surface area (Å²) in [5, 5.41) is 4.48. The molecular formula is C11H21NS. The Morgan fingerprint density at radius 1 is 1.46 bits per heavy atom. The lowest BCUT2D eigenvalue weighted by Crippen LogP contribution is -2.20. The van der Waals surface area contributed by atoms with Crippen LogP contribution in [0.1, 0.15) is 33.1 Å². The van der Waals surface area contributed by atoms with Gasteiger partial charge in [0.15, 0.2) is 0 Å². The van der Waals surface area contributed by atoms with Crippen LogP contribution in [-0.4, -0.2) is 24.1 Å². The quantitative estimate of drug-likeness (QED) is 0.698. The van der Waals surface area contributed by atoms with Crippen LogP contribution in [-0.2, 0) is 0 Å². The van der Waals surface area contributed by atoms with E-state index >= 15 is 0 Å². The molecule has 1 saturated carbocycles. The van der Waals surface area contributed by atoms with E-state index in [1.54, 1.807) is 0 Å². The Labute approximate surface area is 86.0 Å². The zero-order valence-electron chi connectivity index (χ0n) is 8.81. The van der Waals surface area contributed by atoms with Gasteiger partial charge in [-0.3, -0.25) is 0 Å². The van der Waals surface area contributed by atoms with Crippen LogP contribution in [0.4, 0.5) is 0 Å². The average molecular weight is 199 g/mol. The summed E-state index contributed by atoms with van der Waals surface area (Å²) in [6.45, 7) is 7.10. The first-order valence-corrected chi connectivity index (χ1v) is 6.64. The highest BCUT2D eigenvalue weighted by Crippen LogP contribution is 2.62. The Kier molecular flexibility index (Phi) is 2.89. The van der Waals surface area contributed by atoms with Gasteiger partial charge in [0.05, 0.1) is 0 Å². The Balaban J connectivity index is 1.69. The Hall–Kier alpha value is 0.310. The standard InChI is InChI=1S/C11H21NS/c1-3-4-12-7-10-6-11(10)5-9(2)13-8-11/h9-10,12H,3-8H2,1-2H3. The van der Waals surface area contributed by atoms with Crippen molar-refractivity contribution < 1.29 is 0 Å². The molecule has 3 unspecified atom stereocenters. The molecule has 2 rings (SSSR count). The van der Waals surface area contributed by atoms with E-state index in [2.05, 4.69) is 30.9 Å². The van der Waals surface area contributed by atoms with Gasteiger partial charge in [0.2, 0.25) is 0 Å². The second kappa shape index (κ2) is 3.82. The lowest BCUT2D eigenvalue weighted by molar-refractivity contribution is 0.472. The smallest absolute Gasteiger partial charge is 0.00246 e. The Morgan fingerprint density at radius 2 is 2.31 bits per heavy atom. The minimum Gasteiger partial charge on any atom is -0.316 e. The van der Waals surface area contributed by atoms with Crippen molar-refractivity contribution in [3.63, 3.8) is 0 Å². The summed E-state index contributed by atoms with van der Waals surface area (Å²) < 4.78 is 0. The van der Waals surface area contributed by atoms with Crippen molar-refractivity contribution in [2.24, 2.45) is 11.3 Å². The topological polar surface area (TPSA) is 12.0 Å². The molecule has 13 heavy (non-hydrogen) atoms. The molecule has 0 amide bonds. The predicted molar refractivity (Wildman–Crippen MR) is 60.2 cm³/mol. The summed E-state index contributed by atoms with van der Waals surface area (Å²) in [7, 11) is 0. The van der Waals surface area contributed by atoms with Gasteiger partial charge in [-0.25, -0.2) is 0 Å². The molecule has 0 bridgehead atoms. The van der Waals surface area contributed by atoms with Crippen LogP contribution in [0.2, 0.25) is 0 Å². The zero-order chi connectivity index (χ0) is 9.31. The van der Waals surface area contributed by atoms with Crippen molar-refractivity contribution in [3.05, 3.63) is 0 Å². The van der Waals surface area contributed by atoms with E-state index in [0.717, 1.165) is 16.6 Å². The van der Waals surface area contributed by atoms with Crippen molar-refractivity contribution in [3.8, 4) is 0 Å². The van der Waals surface area contributed by atoms with E-state index in [-0.39, 0.29) is 0 Å². The zero-order valence-corrected chi connectivity index (χ0v) is 9.62. The summed E-state index contributed by atoms with van der Waals surface area (Å²) in [4.78, 5) is 0. The normalized spacial score (nSPS) is 42.9. The molecule has 1 N–H and O–H groups in total. The molecule has 1 aliphatic heterocycles. The van der Waals surface area contributed by atoms with Crippen LogP contribution >= 0.6 is 11.8 Å². The molecular weight excluding hydrogens is 178 g/mol. The van der Waals surface area contributed by atoms with E-state index in [1.165, 1.54) is 38.1 Å². The van der Waals surface area contributed by atoms with E-state index in [9.17, 15) is 0 Å². The summed E-state index contributed by atoms with van der Waals surface area (Å²) in [5.74, 6) is 2.45. The second-order valence-corrected chi connectivity index (χ2v) is 6.22. The van der Waals surface area contributed by atoms with Gasteiger partial charge in [0, 0.05) is 5.25 Å². The average Bonchev–Trinajstić information content (AvgIpc) is 2.62.